The summed E-state index contributed by atoms with van der Waals surface area (Å²) in [6, 6.07) is 0.777. The molecule has 5 heteroatoms. The smallest absolute Gasteiger partial charge is 0.410 e. The van der Waals surface area contributed by atoms with Crippen LogP contribution >= 0.6 is 0 Å². The fourth-order valence-corrected chi connectivity index (χ4v) is 4.20. The first kappa shape index (κ1) is 16.1. The van der Waals surface area contributed by atoms with Crippen molar-refractivity contribution in [3.05, 3.63) is 0 Å². The molecular formula is C17H30N2O3. The van der Waals surface area contributed by atoms with Crippen molar-refractivity contribution in [2.75, 3.05) is 32.8 Å². The van der Waals surface area contributed by atoms with Crippen LogP contribution in [0.25, 0.3) is 0 Å². The van der Waals surface area contributed by atoms with E-state index in [9.17, 15) is 4.79 Å². The Morgan fingerprint density at radius 3 is 2.27 bits per heavy atom. The van der Waals surface area contributed by atoms with Gasteiger partial charge in [0.1, 0.15) is 5.60 Å². The second kappa shape index (κ2) is 6.36. The van der Waals surface area contributed by atoms with Gasteiger partial charge in [-0.25, -0.2) is 4.79 Å². The van der Waals surface area contributed by atoms with E-state index in [1.54, 1.807) is 0 Å². The van der Waals surface area contributed by atoms with Crippen LogP contribution in [-0.2, 0) is 9.47 Å². The van der Waals surface area contributed by atoms with Crippen LogP contribution in [0.1, 0.15) is 46.5 Å². The normalized spacial score (nSPS) is 33.0. The largest absolute Gasteiger partial charge is 0.444 e. The number of morpholine rings is 1. The fourth-order valence-electron chi connectivity index (χ4n) is 4.20. The van der Waals surface area contributed by atoms with Crippen molar-refractivity contribution >= 4 is 6.09 Å². The molecule has 0 aromatic carbocycles. The Hall–Kier alpha value is -0.810. The molecule has 1 unspecified atom stereocenters. The summed E-state index contributed by atoms with van der Waals surface area (Å²) in [4.78, 5) is 17.0. The molecule has 0 aromatic heterocycles. The maximum atomic E-state index is 12.4. The zero-order valence-corrected chi connectivity index (χ0v) is 14.2. The first-order valence-electron chi connectivity index (χ1n) is 8.74. The number of hydrogen-bond donors (Lipinski definition) is 0. The van der Waals surface area contributed by atoms with Crippen molar-refractivity contribution in [2.45, 2.75) is 64.1 Å². The molecule has 3 aliphatic heterocycles. The van der Waals surface area contributed by atoms with Crippen molar-refractivity contribution in [1.29, 1.82) is 0 Å². The first-order valence-corrected chi connectivity index (χ1v) is 8.74. The van der Waals surface area contributed by atoms with Gasteiger partial charge >= 0.3 is 6.09 Å². The molecule has 3 aliphatic rings. The molecule has 0 aromatic rings. The van der Waals surface area contributed by atoms with Crippen molar-refractivity contribution in [3.8, 4) is 0 Å². The predicted molar refractivity (Wildman–Crippen MR) is 84.9 cm³/mol. The van der Waals surface area contributed by atoms with Crippen molar-refractivity contribution in [3.63, 3.8) is 0 Å². The van der Waals surface area contributed by atoms with Gasteiger partial charge < -0.3 is 14.4 Å². The highest BCUT2D eigenvalue weighted by molar-refractivity contribution is 5.69. The van der Waals surface area contributed by atoms with E-state index in [-0.39, 0.29) is 6.09 Å². The van der Waals surface area contributed by atoms with Gasteiger partial charge in [-0.3, -0.25) is 4.90 Å². The van der Waals surface area contributed by atoms with Gasteiger partial charge in [-0.15, -0.1) is 0 Å². The zero-order chi connectivity index (χ0) is 15.7. The van der Waals surface area contributed by atoms with Crippen molar-refractivity contribution in [2.24, 2.45) is 5.92 Å². The van der Waals surface area contributed by atoms with E-state index in [1.165, 1.54) is 6.54 Å². The maximum absolute atomic E-state index is 12.4. The second-order valence-electron chi connectivity index (χ2n) is 8.02. The molecule has 22 heavy (non-hydrogen) atoms. The van der Waals surface area contributed by atoms with Crippen LogP contribution in [0.15, 0.2) is 0 Å². The monoisotopic (exact) mass is 310 g/mol. The second-order valence-corrected chi connectivity index (χ2v) is 8.02. The first-order chi connectivity index (χ1) is 10.4. The highest BCUT2D eigenvalue weighted by Gasteiger charge is 2.44. The number of amides is 1. The molecule has 3 heterocycles. The summed E-state index contributed by atoms with van der Waals surface area (Å²) >= 11 is 0. The van der Waals surface area contributed by atoms with E-state index >= 15 is 0 Å². The van der Waals surface area contributed by atoms with Crippen molar-refractivity contribution in [1.82, 2.24) is 9.80 Å². The van der Waals surface area contributed by atoms with E-state index in [2.05, 4.69) is 4.90 Å². The Bertz CT molecular complexity index is 387. The molecule has 3 saturated heterocycles. The molecule has 0 radical (unpaired) electrons. The lowest BCUT2D eigenvalue weighted by molar-refractivity contribution is -0.00659. The van der Waals surface area contributed by atoms with Gasteiger partial charge in [0.2, 0.25) is 0 Å². The van der Waals surface area contributed by atoms with Crippen LogP contribution in [0.2, 0.25) is 0 Å². The summed E-state index contributed by atoms with van der Waals surface area (Å²) in [5, 5.41) is 0. The predicted octanol–water partition coefficient (Wildman–Crippen LogP) is 2.50. The molecule has 5 nitrogen and oxygen atoms in total. The molecular weight excluding hydrogens is 280 g/mol. The molecule has 126 valence electrons. The van der Waals surface area contributed by atoms with Crippen LogP contribution in [-0.4, -0.2) is 66.4 Å². The Balaban J connectivity index is 1.55. The van der Waals surface area contributed by atoms with Gasteiger partial charge in [-0.05, 0) is 52.4 Å². The topological polar surface area (TPSA) is 42.0 Å². The van der Waals surface area contributed by atoms with Crippen LogP contribution < -0.4 is 0 Å². The summed E-state index contributed by atoms with van der Waals surface area (Å²) in [6.45, 7) is 10.8. The standard InChI is InChI=1S/C17H30N2O3/c1-17(2,3)22-16(20)19-14-4-5-15(19)11-13(10-14)12-18-6-8-21-9-7-18/h13-15H,4-12H2,1-3H3/t13?,14-,15+. The lowest BCUT2D eigenvalue weighted by Gasteiger charge is -2.41. The summed E-state index contributed by atoms with van der Waals surface area (Å²) in [5.74, 6) is 0.717. The minimum Gasteiger partial charge on any atom is -0.444 e. The summed E-state index contributed by atoms with van der Waals surface area (Å²) in [6.07, 6.45) is 4.44. The molecule has 0 aliphatic carbocycles. The molecule has 0 spiro atoms. The zero-order valence-electron chi connectivity index (χ0n) is 14.2. The highest BCUT2D eigenvalue weighted by atomic mass is 16.6. The number of ether oxygens (including phenoxy) is 2. The number of carbonyl (C=O) groups is 1. The Morgan fingerprint density at radius 2 is 1.73 bits per heavy atom. The average Bonchev–Trinajstić information content (AvgIpc) is 2.70. The lowest BCUT2D eigenvalue weighted by atomic mass is 9.90. The quantitative estimate of drug-likeness (QED) is 0.786. The Morgan fingerprint density at radius 1 is 1.14 bits per heavy atom. The molecule has 0 saturated carbocycles. The molecule has 1 amide bonds. The molecule has 3 atom stereocenters. The number of piperidine rings is 1. The van der Waals surface area contributed by atoms with Gasteiger partial charge in [0, 0.05) is 31.7 Å². The average molecular weight is 310 g/mol. The fraction of sp³-hybridized carbons (Fsp3) is 0.941. The third-order valence-electron chi connectivity index (χ3n) is 5.06. The van der Waals surface area contributed by atoms with E-state index in [0.29, 0.717) is 18.0 Å². The number of nitrogens with zero attached hydrogens (tertiary/aromatic N) is 2. The van der Waals surface area contributed by atoms with Crippen LogP contribution in [0.3, 0.4) is 0 Å². The molecule has 2 bridgehead atoms. The van der Waals surface area contributed by atoms with Crippen LogP contribution in [0, 0.1) is 5.92 Å². The molecule has 0 N–H and O–H groups in total. The van der Waals surface area contributed by atoms with E-state index in [0.717, 1.165) is 52.0 Å². The number of hydrogen-bond acceptors (Lipinski definition) is 4. The Kier molecular flexibility index (Phi) is 4.64. The third kappa shape index (κ3) is 3.74. The summed E-state index contributed by atoms with van der Waals surface area (Å²) in [5.41, 5.74) is -0.402. The van der Waals surface area contributed by atoms with Crippen LogP contribution in [0.5, 0.6) is 0 Å². The van der Waals surface area contributed by atoms with Gasteiger partial charge in [-0.1, -0.05) is 0 Å². The SMILES string of the molecule is CC(C)(C)OC(=O)N1[C@@H]2CC[C@H]1CC(CN1CCOCC1)C2. The minimum atomic E-state index is -0.402. The maximum Gasteiger partial charge on any atom is 0.410 e. The number of carbonyl (C=O) groups excluding carboxylic acids is 1. The highest BCUT2D eigenvalue weighted by Crippen LogP contribution is 2.39. The van der Waals surface area contributed by atoms with E-state index in [4.69, 9.17) is 9.47 Å². The Labute approximate surface area is 133 Å². The van der Waals surface area contributed by atoms with Gasteiger partial charge in [0.15, 0.2) is 0 Å². The number of fused-ring (bicyclic) bond motifs is 2. The third-order valence-corrected chi connectivity index (χ3v) is 5.06. The summed E-state index contributed by atoms with van der Waals surface area (Å²) in [7, 11) is 0. The van der Waals surface area contributed by atoms with Gasteiger partial charge in [0.25, 0.3) is 0 Å². The van der Waals surface area contributed by atoms with E-state index < -0.39 is 5.60 Å². The molecule has 3 fully saturated rings. The minimum absolute atomic E-state index is 0.107. The summed E-state index contributed by atoms with van der Waals surface area (Å²) < 4.78 is 11.0. The number of rotatable bonds is 2. The van der Waals surface area contributed by atoms with Gasteiger partial charge in [-0.2, -0.15) is 0 Å². The molecule has 3 rings (SSSR count). The van der Waals surface area contributed by atoms with Gasteiger partial charge in [0.05, 0.1) is 13.2 Å². The van der Waals surface area contributed by atoms with E-state index in [1.807, 2.05) is 25.7 Å². The van der Waals surface area contributed by atoms with Crippen molar-refractivity contribution < 1.29 is 14.3 Å². The van der Waals surface area contributed by atoms with Crippen LogP contribution in [0.4, 0.5) is 4.79 Å². The lowest BCUT2D eigenvalue weighted by Crippen LogP contribution is -2.50.